The van der Waals surface area contributed by atoms with E-state index < -0.39 is 10.0 Å². The minimum absolute atomic E-state index is 0.0118. The van der Waals surface area contributed by atoms with Gasteiger partial charge < -0.3 is 9.80 Å². The van der Waals surface area contributed by atoms with E-state index in [0.29, 0.717) is 37.8 Å². The van der Waals surface area contributed by atoms with Gasteiger partial charge in [0, 0.05) is 38.6 Å². The topological polar surface area (TPSA) is 86.7 Å². The molecule has 0 atom stereocenters. The molecule has 0 radical (unpaired) electrons. The molecule has 1 aliphatic rings. The van der Waals surface area contributed by atoms with Crippen molar-refractivity contribution in [3.8, 4) is 0 Å². The van der Waals surface area contributed by atoms with Crippen LogP contribution in [0.25, 0.3) is 0 Å². The van der Waals surface area contributed by atoms with Crippen LogP contribution >= 0.6 is 11.6 Å². The highest BCUT2D eigenvalue weighted by molar-refractivity contribution is 7.92. The molecule has 4 rings (SSSR count). The Morgan fingerprint density at radius 3 is 2.35 bits per heavy atom. The third-order valence-electron chi connectivity index (χ3n) is 5.50. The summed E-state index contributed by atoms with van der Waals surface area (Å²) in [6, 6.07) is 14.7. The lowest BCUT2D eigenvalue weighted by Gasteiger charge is -2.34. The number of sulfonamides is 1. The van der Waals surface area contributed by atoms with Gasteiger partial charge in [0.2, 0.25) is 5.95 Å². The molecule has 0 aliphatic carbocycles. The highest BCUT2D eigenvalue weighted by Gasteiger charge is 2.28. The van der Waals surface area contributed by atoms with Crippen molar-refractivity contribution in [2.75, 3.05) is 41.9 Å². The van der Waals surface area contributed by atoms with E-state index in [0.717, 1.165) is 0 Å². The summed E-state index contributed by atoms with van der Waals surface area (Å²) in [5.74, 6) is 0.301. The molecule has 0 bridgehead atoms. The average molecular weight is 498 g/mol. The molecule has 0 spiro atoms. The number of carbonyl (C=O) groups is 1. The van der Waals surface area contributed by atoms with Crippen molar-refractivity contribution in [3.63, 3.8) is 0 Å². The number of nitrogens with zero attached hydrogens (tertiary/aromatic N) is 5. The summed E-state index contributed by atoms with van der Waals surface area (Å²) in [4.78, 5) is 25.4. The van der Waals surface area contributed by atoms with E-state index in [1.54, 1.807) is 47.6 Å². The predicted molar refractivity (Wildman–Crippen MR) is 133 cm³/mol. The Morgan fingerprint density at radius 2 is 1.71 bits per heavy atom. The number of aromatic nitrogens is 2. The Morgan fingerprint density at radius 1 is 1.03 bits per heavy atom. The van der Waals surface area contributed by atoms with Crippen LogP contribution < -0.4 is 9.21 Å². The molecule has 1 amide bonds. The summed E-state index contributed by atoms with van der Waals surface area (Å²) >= 11 is 6.34. The highest BCUT2D eigenvalue weighted by Crippen LogP contribution is 2.28. The van der Waals surface area contributed by atoms with Crippen LogP contribution in [0.2, 0.25) is 5.02 Å². The summed E-state index contributed by atoms with van der Waals surface area (Å²) in [6.45, 7) is 5.77. The molecule has 3 aromatic rings. The Labute approximate surface area is 204 Å². The molecular weight excluding hydrogens is 474 g/mol. The van der Waals surface area contributed by atoms with Crippen LogP contribution in [0.5, 0.6) is 0 Å². The molecule has 8 nitrogen and oxygen atoms in total. The average Bonchev–Trinajstić information content (AvgIpc) is 2.88. The van der Waals surface area contributed by atoms with E-state index in [1.807, 2.05) is 11.0 Å². The van der Waals surface area contributed by atoms with E-state index >= 15 is 0 Å². The van der Waals surface area contributed by atoms with Crippen molar-refractivity contribution >= 4 is 39.2 Å². The monoisotopic (exact) mass is 497 g/mol. The molecule has 10 heteroatoms. The third-order valence-corrected chi connectivity index (χ3v) is 7.62. The van der Waals surface area contributed by atoms with Gasteiger partial charge in [0.05, 0.1) is 27.7 Å². The number of hydrogen-bond donors (Lipinski definition) is 0. The molecule has 2 aromatic carbocycles. The van der Waals surface area contributed by atoms with E-state index in [-0.39, 0.29) is 27.9 Å². The number of anilines is 2. The van der Waals surface area contributed by atoms with E-state index in [9.17, 15) is 13.2 Å². The number of halogens is 1. The van der Waals surface area contributed by atoms with Gasteiger partial charge in [-0.2, -0.15) is 0 Å². The lowest BCUT2D eigenvalue weighted by Crippen LogP contribution is -2.49. The van der Waals surface area contributed by atoms with Gasteiger partial charge in [0.25, 0.3) is 15.9 Å². The lowest BCUT2D eigenvalue weighted by atomic mass is 10.2. The molecule has 1 fully saturated rings. The van der Waals surface area contributed by atoms with Crippen LogP contribution in [0.4, 0.5) is 11.6 Å². The summed E-state index contributed by atoms with van der Waals surface area (Å²) in [5, 5.41) is 0.202. The SMILES string of the molecule is C=CCN(c1ccccc1)S(=O)(=O)c1ccc(Cl)c(C(=O)N2CCN(c3ncccn3)CC2)c1. The Bertz CT molecular complexity index is 1260. The quantitative estimate of drug-likeness (QED) is 0.464. The van der Waals surface area contributed by atoms with Crippen LogP contribution in [0, 0.1) is 0 Å². The number of carbonyl (C=O) groups excluding carboxylic acids is 1. The van der Waals surface area contributed by atoms with Crippen LogP contribution in [0.15, 0.2) is 84.5 Å². The maximum Gasteiger partial charge on any atom is 0.264 e. The van der Waals surface area contributed by atoms with Crippen LogP contribution in [0.1, 0.15) is 10.4 Å². The second-order valence-electron chi connectivity index (χ2n) is 7.63. The fraction of sp³-hybridized carbons (Fsp3) is 0.208. The smallest absolute Gasteiger partial charge is 0.264 e. The number of rotatable bonds is 7. The highest BCUT2D eigenvalue weighted by atomic mass is 35.5. The number of amides is 1. The second kappa shape index (κ2) is 10.2. The van der Waals surface area contributed by atoms with Crippen molar-refractivity contribution in [2.24, 2.45) is 0 Å². The molecule has 176 valence electrons. The first kappa shape index (κ1) is 23.7. The zero-order chi connectivity index (χ0) is 24.1. The number of para-hydroxylation sites is 1. The summed E-state index contributed by atoms with van der Waals surface area (Å²) < 4.78 is 28.2. The third kappa shape index (κ3) is 4.90. The number of piperazine rings is 1. The molecule has 0 saturated carbocycles. The van der Waals surface area contributed by atoms with Crippen molar-refractivity contribution < 1.29 is 13.2 Å². The predicted octanol–water partition coefficient (Wildman–Crippen LogP) is 3.47. The van der Waals surface area contributed by atoms with Crippen molar-refractivity contribution in [2.45, 2.75) is 4.90 Å². The van der Waals surface area contributed by atoms with Gasteiger partial charge in [0.15, 0.2) is 0 Å². The van der Waals surface area contributed by atoms with E-state index in [2.05, 4.69) is 16.5 Å². The van der Waals surface area contributed by atoms with Crippen LogP contribution in [0.3, 0.4) is 0 Å². The molecular formula is C24H24ClN5O3S. The van der Waals surface area contributed by atoms with Gasteiger partial charge in [-0.05, 0) is 36.4 Å². The van der Waals surface area contributed by atoms with Crippen molar-refractivity contribution in [3.05, 3.63) is 90.2 Å². The molecule has 0 unspecified atom stereocenters. The van der Waals surface area contributed by atoms with Gasteiger partial charge in [-0.15, -0.1) is 6.58 Å². The van der Waals surface area contributed by atoms with Crippen LogP contribution in [-0.4, -0.2) is 61.9 Å². The first-order valence-corrected chi connectivity index (χ1v) is 12.5. The molecule has 0 N–H and O–H groups in total. The minimum Gasteiger partial charge on any atom is -0.337 e. The summed E-state index contributed by atoms with van der Waals surface area (Å²) in [7, 11) is -3.96. The Kier molecular flexibility index (Phi) is 7.14. The van der Waals surface area contributed by atoms with Gasteiger partial charge in [-0.1, -0.05) is 35.9 Å². The number of benzene rings is 2. The van der Waals surface area contributed by atoms with Gasteiger partial charge in [-0.3, -0.25) is 9.10 Å². The van der Waals surface area contributed by atoms with Crippen LogP contribution in [-0.2, 0) is 10.0 Å². The Hall–Kier alpha value is -3.43. The largest absolute Gasteiger partial charge is 0.337 e. The van der Waals surface area contributed by atoms with Crippen molar-refractivity contribution in [1.29, 1.82) is 0 Å². The molecule has 1 aliphatic heterocycles. The van der Waals surface area contributed by atoms with Crippen molar-refractivity contribution in [1.82, 2.24) is 14.9 Å². The molecule has 1 saturated heterocycles. The normalized spacial score (nSPS) is 14.0. The maximum absolute atomic E-state index is 13.5. The zero-order valence-corrected chi connectivity index (χ0v) is 20.0. The Balaban J connectivity index is 1.57. The fourth-order valence-corrected chi connectivity index (χ4v) is 5.40. The lowest BCUT2D eigenvalue weighted by molar-refractivity contribution is 0.0746. The zero-order valence-electron chi connectivity index (χ0n) is 18.4. The fourth-order valence-electron chi connectivity index (χ4n) is 3.74. The van der Waals surface area contributed by atoms with Gasteiger partial charge >= 0.3 is 0 Å². The maximum atomic E-state index is 13.5. The first-order chi connectivity index (χ1) is 16.4. The van der Waals surface area contributed by atoms with E-state index in [1.165, 1.54) is 28.6 Å². The number of hydrogen-bond acceptors (Lipinski definition) is 6. The molecule has 34 heavy (non-hydrogen) atoms. The standard InChI is InChI=1S/C24H24ClN5O3S/c1-2-13-30(19-7-4-3-5-8-19)34(32,33)20-9-10-22(25)21(18-20)23(31)28-14-16-29(17-15-28)24-26-11-6-12-27-24/h2-12,18H,1,13-17H2. The molecule has 1 aromatic heterocycles. The summed E-state index contributed by atoms with van der Waals surface area (Å²) in [5.41, 5.74) is 0.656. The van der Waals surface area contributed by atoms with E-state index in [4.69, 9.17) is 11.6 Å². The van der Waals surface area contributed by atoms with Gasteiger partial charge in [0.1, 0.15) is 0 Å². The minimum atomic E-state index is -3.96. The second-order valence-corrected chi connectivity index (χ2v) is 9.90. The molecule has 2 heterocycles. The van der Waals surface area contributed by atoms with Gasteiger partial charge in [-0.25, -0.2) is 18.4 Å². The first-order valence-electron chi connectivity index (χ1n) is 10.7. The summed E-state index contributed by atoms with van der Waals surface area (Å²) in [6.07, 6.45) is 4.87.